The van der Waals surface area contributed by atoms with Gasteiger partial charge >= 0.3 is 23.9 Å². The molecule has 5 aliphatic rings. The van der Waals surface area contributed by atoms with Crippen LogP contribution in [0.3, 0.4) is 0 Å². The Bertz CT molecular complexity index is 1860. The summed E-state index contributed by atoms with van der Waals surface area (Å²) in [6, 6.07) is 0. The first-order valence-corrected chi connectivity index (χ1v) is 22.1. The van der Waals surface area contributed by atoms with Crippen LogP contribution in [0.2, 0.25) is 0 Å². The van der Waals surface area contributed by atoms with E-state index in [9.17, 15) is 70.2 Å². The maximum atomic E-state index is 13.9. The number of rotatable bonds is 18. The molecule has 18 atom stereocenters. The number of carbonyl (C=O) groups is 4. The summed E-state index contributed by atoms with van der Waals surface area (Å²) >= 11 is 0. The van der Waals surface area contributed by atoms with Crippen LogP contribution in [0.25, 0.3) is 0 Å². The van der Waals surface area contributed by atoms with E-state index in [1.54, 1.807) is 20.8 Å². The first kappa shape index (κ1) is 54.8. The molecule has 0 amide bonds. The molecule has 4 aliphatic heterocycles. The number of esters is 4. The van der Waals surface area contributed by atoms with Gasteiger partial charge in [-0.1, -0.05) is 19.1 Å². The highest BCUT2D eigenvalue weighted by Crippen LogP contribution is 2.45. The van der Waals surface area contributed by atoms with Gasteiger partial charge in [-0.25, -0.2) is 9.59 Å². The number of hydrogen-bond acceptors (Lipinski definition) is 24. The molecule has 0 aromatic rings. The summed E-state index contributed by atoms with van der Waals surface area (Å²) in [6.45, 7) is 2.16. The van der Waals surface area contributed by atoms with E-state index in [1.807, 2.05) is 0 Å². The van der Waals surface area contributed by atoms with Gasteiger partial charge in [0.2, 0.25) is 12.6 Å². The third-order valence-electron chi connectivity index (χ3n) is 13.3. The Kier molecular flexibility index (Phi) is 19.9. The lowest BCUT2D eigenvalue weighted by molar-refractivity contribution is -0.327. The van der Waals surface area contributed by atoms with Gasteiger partial charge in [0.15, 0.2) is 12.6 Å². The van der Waals surface area contributed by atoms with Gasteiger partial charge in [-0.05, 0) is 32.1 Å². The van der Waals surface area contributed by atoms with Crippen LogP contribution in [-0.2, 0) is 66.5 Å². The van der Waals surface area contributed by atoms with Crippen LogP contribution < -0.4 is 0 Å². The van der Waals surface area contributed by atoms with E-state index in [0.29, 0.717) is 0 Å². The maximum Gasteiger partial charge on any atom is 0.337 e. The molecule has 0 spiro atoms. The fraction of sp³-hybridized carbons (Fsp3) is 0.727. The summed E-state index contributed by atoms with van der Waals surface area (Å²) in [5.41, 5.74) is 0.168. The number of methoxy groups -OCH3 is 2. The fourth-order valence-electron chi connectivity index (χ4n) is 9.27. The predicted molar refractivity (Wildman–Crippen MR) is 223 cm³/mol. The van der Waals surface area contributed by atoms with Crippen LogP contribution in [0.15, 0.2) is 47.0 Å². The zero-order valence-electron chi connectivity index (χ0n) is 38.1. The molecular weight excluding hydrogens is 912 g/mol. The van der Waals surface area contributed by atoms with Crippen LogP contribution >= 0.6 is 0 Å². The summed E-state index contributed by atoms with van der Waals surface area (Å²) in [5, 5.41) is 102. The van der Waals surface area contributed by atoms with Crippen LogP contribution in [0.1, 0.15) is 40.0 Å². The minimum Gasteiger partial charge on any atom is -0.468 e. The molecule has 1 aliphatic carbocycles. The van der Waals surface area contributed by atoms with Crippen molar-refractivity contribution >= 4 is 23.9 Å². The van der Waals surface area contributed by atoms with Crippen molar-refractivity contribution in [2.75, 3.05) is 47.3 Å². The van der Waals surface area contributed by atoms with Gasteiger partial charge in [-0.2, -0.15) is 0 Å². The molecule has 0 aromatic carbocycles. The minimum absolute atomic E-state index is 0.100. The summed E-state index contributed by atoms with van der Waals surface area (Å²) in [7, 11) is 2.23. The van der Waals surface area contributed by atoms with E-state index in [1.165, 1.54) is 12.2 Å². The van der Waals surface area contributed by atoms with Crippen LogP contribution in [0.5, 0.6) is 0 Å². The number of allylic oxidation sites excluding steroid dienone is 2. The van der Waals surface area contributed by atoms with Crippen molar-refractivity contribution in [1.29, 1.82) is 0 Å². The highest BCUT2D eigenvalue weighted by molar-refractivity contribution is 5.91. The predicted octanol–water partition coefficient (Wildman–Crippen LogP) is -3.32. The number of ether oxygens (including phenoxy) is 10. The summed E-state index contributed by atoms with van der Waals surface area (Å²) in [4.78, 5) is 53.5. The molecule has 24 heteroatoms. The normalized spacial score (nSPS) is 38.5. The summed E-state index contributed by atoms with van der Waals surface area (Å²) < 4.78 is 55.5. The lowest BCUT2D eigenvalue weighted by Crippen LogP contribution is -2.60. The molecule has 10 N–H and O–H groups in total. The molecular formula is C44H64O24. The highest BCUT2D eigenvalue weighted by Gasteiger charge is 2.50. The lowest BCUT2D eigenvalue weighted by atomic mass is 9.82. The molecule has 2 saturated heterocycles. The molecule has 0 bridgehead atoms. The third kappa shape index (κ3) is 11.9. The van der Waals surface area contributed by atoms with Gasteiger partial charge in [0.1, 0.15) is 54.9 Å². The lowest BCUT2D eigenvalue weighted by Gasteiger charge is -2.42. The Morgan fingerprint density at radius 2 is 1.12 bits per heavy atom. The zero-order chi connectivity index (χ0) is 50.1. The second kappa shape index (κ2) is 24.6. The molecule has 24 nitrogen and oxygen atoms in total. The van der Waals surface area contributed by atoms with E-state index in [2.05, 4.69) is 0 Å². The van der Waals surface area contributed by atoms with Crippen molar-refractivity contribution in [3.63, 3.8) is 0 Å². The number of hydrogen-bond donors (Lipinski definition) is 10. The van der Waals surface area contributed by atoms with Gasteiger partial charge in [0.25, 0.3) is 0 Å². The molecule has 1 saturated carbocycles. The summed E-state index contributed by atoms with van der Waals surface area (Å²) in [6.07, 6.45) is -15.9. The minimum atomic E-state index is -1.80. The van der Waals surface area contributed by atoms with E-state index >= 15 is 0 Å². The monoisotopic (exact) mass is 976 g/mol. The average molecular weight is 977 g/mol. The number of aliphatic hydroxyl groups excluding tert-OH is 10. The second-order valence-corrected chi connectivity index (χ2v) is 17.1. The molecule has 0 unspecified atom stereocenters. The Hall–Kier alpha value is -4.12. The van der Waals surface area contributed by atoms with Gasteiger partial charge < -0.3 is 98.4 Å². The smallest absolute Gasteiger partial charge is 0.337 e. The van der Waals surface area contributed by atoms with Gasteiger partial charge in [0.05, 0.1) is 70.6 Å². The Balaban J connectivity index is 1.29. The van der Waals surface area contributed by atoms with Crippen molar-refractivity contribution in [2.45, 2.75) is 120 Å². The van der Waals surface area contributed by atoms with Crippen molar-refractivity contribution in [1.82, 2.24) is 0 Å². The maximum absolute atomic E-state index is 13.9. The number of aliphatic hydroxyl groups is 10. The molecule has 68 heavy (non-hydrogen) atoms. The average Bonchev–Trinajstić information content (AvgIpc) is 3.63. The van der Waals surface area contributed by atoms with Crippen LogP contribution in [0, 0.1) is 35.5 Å². The van der Waals surface area contributed by atoms with Crippen molar-refractivity contribution in [2.24, 2.45) is 35.5 Å². The van der Waals surface area contributed by atoms with Gasteiger partial charge in [0, 0.05) is 48.0 Å². The second-order valence-electron chi connectivity index (χ2n) is 17.1. The van der Waals surface area contributed by atoms with E-state index < -0.39 is 179 Å². The molecule has 0 aromatic heterocycles. The largest absolute Gasteiger partial charge is 0.468 e. The Morgan fingerprint density at radius 1 is 0.676 bits per heavy atom. The Morgan fingerprint density at radius 3 is 1.51 bits per heavy atom. The van der Waals surface area contributed by atoms with E-state index in [0.717, 1.165) is 26.7 Å². The first-order chi connectivity index (χ1) is 32.4. The van der Waals surface area contributed by atoms with Crippen LogP contribution in [0.4, 0.5) is 0 Å². The standard InChI is InChI=1S/C44H64O24/c1-6-20-23(26(39(57)59-4)16-62-41(20)67-43-37(55)35(53)33(51)29(13-47)65-43)9-31(49)61-15-25-18(3)28(8-22(25)19(11-45)12-46)64-32(50)10-24-21(7-2)42(63-17-27(24)40(58)60-5)68-44-38(56)36(54)34(52)30(14-48)66-44/h6-7,16-19,22-25,28-30,33-38,41-48,51-56H,8-15H2,1-5H3/b20-6-,21-7-/t18-,22+,23+,24-,25+,28+,29-,30+,33-,34+,35+,36-,37-,38-,41+,42+,43+,44-/m0/s1. The van der Waals surface area contributed by atoms with Crippen molar-refractivity contribution in [3.05, 3.63) is 47.0 Å². The molecule has 4 heterocycles. The highest BCUT2D eigenvalue weighted by atomic mass is 16.8. The van der Waals surface area contributed by atoms with E-state index in [4.69, 9.17) is 47.4 Å². The first-order valence-electron chi connectivity index (χ1n) is 22.1. The molecule has 3 fully saturated rings. The Labute approximate surface area is 390 Å². The van der Waals surface area contributed by atoms with Gasteiger partial charge in [-0.15, -0.1) is 0 Å². The van der Waals surface area contributed by atoms with Gasteiger partial charge in [-0.3, -0.25) is 9.59 Å². The molecule has 0 radical (unpaired) electrons. The van der Waals surface area contributed by atoms with E-state index in [-0.39, 0.29) is 35.3 Å². The zero-order valence-corrected chi connectivity index (χ0v) is 38.1. The molecule has 384 valence electrons. The quantitative estimate of drug-likeness (QED) is 0.0365. The summed E-state index contributed by atoms with van der Waals surface area (Å²) in [5.74, 6) is -7.97. The number of carbonyl (C=O) groups excluding carboxylic acids is 4. The van der Waals surface area contributed by atoms with Crippen LogP contribution in [-0.4, -0.2) is 202 Å². The topological polar surface area (TPSA) is 363 Å². The fourth-order valence-corrected chi connectivity index (χ4v) is 9.27. The SMILES string of the molecule is C/C=C1\[C@@H](O[C@@H]2O[C@H](CO)[C@@H](O)[C@H](O)[C@@H]2O)OC=C(C(=O)OC)[C@H]1CC(=O)O[C@@H]1C[C@H](C(CO)CO)[C@H](COC(=O)C[C@H]2C(C(=O)OC)=CO[C@H](O[C@H]3O[C@@H](CO)[C@H](O)[C@@H](O)[C@@H]3O)/C2=C\C)[C@@H]1C. The third-order valence-corrected chi connectivity index (χ3v) is 13.3. The van der Waals surface area contributed by atoms with Crippen molar-refractivity contribution < 1.29 is 118 Å². The molecule has 5 rings (SSSR count). The van der Waals surface area contributed by atoms with Crippen molar-refractivity contribution in [3.8, 4) is 0 Å².